The fourth-order valence-electron chi connectivity index (χ4n) is 1.000. The molecule has 0 aromatic heterocycles. The molecule has 3 nitrogen and oxygen atoms in total. The van der Waals surface area contributed by atoms with Crippen molar-refractivity contribution < 1.29 is 36.1 Å². The molecule has 0 spiro atoms. The van der Waals surface area contributed by atoms with Crippen LogP contribution in [0.5, 0.6) is 0 Å². The zero-order chi connectivity index (χ0) is 11.3. The Morgan fingerprint density at radius 2 is 2.00 bits per heavy atom. The van der Waals surface area contributed by atoms with E-state index in [-0.39, 0.29) is 29.4 Å². The van der Waals surface area contributed by atoms with E-state index in [1.165, 1.54) is 24.3 Å². The number of aliphatic hydroxyl groups is 1. The van der Waals surface area contributed by atoms with Crippen molar-refractivity contribution >= 4 is 11.7 Å². The van der Waals surface area contributed by atoms with Gasteiger partial charge in [0.2, 0.25) is 0 Å². The van der Waals surface area contributed by atoms with Gasteiger partial charge in [0.25, 0.3) is 0 Å². The quantitative estimate of drug-likeness (QED) is 0.398. The van der Waals surface area contributed by atoms with E-state index in [1.807, 2.05) is 0 Å². The molecule has 0 fully saturated rings. The van der Waals surface area contributed by atoms with E-state index in [4.69, 9.17) is 0 Å². The number of halogens is 1. The predicted molar refractivity (Wildman–Crippen MR) is 53.6 cm³/mol. The average Bonchev–Trinajstić information content (AvgIpc) is 2.18. The number of hydrogen-bond donors (Lipinski definition) is 1. The van der Waals surface area contributed by atoms with Crippen LogP contribution >= 0.6 is 0 Å². The molecular weight excluding hydrogens is 263 g/mol. The van der Waals surface area contributed by atoms with E-state index in [9.17, 15) is 14.3 Å². The van der Waals surface area contributed by atoms with Crippen LogP contribution in [0.3, 0.4) is 0 Å². The zero-order valence-electron chi connectivity index (χ0n) is 8.54. The van der Waals surface area contributed by atoms with Gasteiger partial charge in [-0.1, -0.05) is 0 Å². The molecule has 16 heavy (non-hydrogen) atoms. The van der Waals surface area contributed by atoms with E-state index < -0.39 is 11.8 Å². The number of esters is 1. The fraction of sp³-hybridized carbons (Fsp3) is 0.182. The Morgan fingerprint density at radius 1 is 1.44 bits per heavy atom. The van der Waals surface area contributed by atoms with Crippen LogP contribution in [0, 0.1) is 5.82 Å². The first-order valence-corrected chi connectivity index (χ1v) is 4.47. The first-order chi connectivity index (χ1) is 7.13. The minimum Gasteiger partial charge on any atom is -0.507 e. The van der Waals surface area contributed by atoms with Crippen LogP contribution in [0.15, 0.2) is 30.3 Å². The van der Waals surface area contributed by atoms with Gasteiger partial charge >= 0.3 is 5.97 Å². The first kappa shape index (κ1) is 14.7. The first-order valence-electron chi connectivity index (χ1n) is 4.47. The van der Waals surface area contributed by atoms with Crippen molar-refractivity contribution in [3.63, 3.8) is 0 Å². The summed E-state index contributed by atoms with van der Waals surface area (Å²) in [6.45, 7) is 1.91. The van der Waals surface area contributed by atoms with Gasteiger partial charge in [0.1, 0.15) is 11.6 Å². The fourth-order valence-corrected chi connectivity index (χ4v) is 1.000. The van der Waals surface area contributed by atoms with Crippen LogP contribution in [0.4, 0.5) is 4.39 Å². The largest absolute Gasteiger partial charge is 0.507 e. The van der Waals surface area contributed by atoms with E-state index in [2.05, 4.69) is 4.74 Å². The Kier molecular flexibility index (Phi) is 6.46. The number of ether oxygens (including phenoxy) is 1. The SMILES string of the molecule is CCOC(=O)/C=C(\O)c1ccc(F)cc1.[Cu]. The van der Waals surface area contributed by atoms with Crippen LogP contribution < -0.4 is 0 Å². The van der Waals surface area contributed by atoms with Gasteiger partial charge in [0.15, 0.2) is 0 Å². The summed E-state index contributed by atoms with van der Waals surface area (Å²) < 4.78 is 17.1. The number of carbonyl (C=O) groups is 1. The third-order valence-corrected chi connectivity index (χ3v) is 1.68. The smallest absolute Gasteiger partial charge is 0.334 e. The summed E-state index contributed by atoms with van der Waals surface area (Å²) in [6, 6.07) is 5.15. The molecule has 0 heterocycles. The normalized spacial score (nSPS) is 10.5. The molecule has 0 atom stereocenters. The van der Waals surface area contributed by atoms with Crippen molar-refractivity contribution in [1.82, 2.24) is 0 Å². The molecule has 1 aromatic carbocycles. The van der Waals surface area contributed by atoms with Crippen LogP contribution in [-0.4, -0.2) is 17.7 Å². The topological polar surface area (TPSA) is 46.5 Å². The maximum Gasteiger partial charge on any atom is 0.334 e. The minimum absolute atomic E-state index is 0. The summed E-state index contributed by atoms with van der Waals surface area (Å²) >= 11 is 0. The van der Waals surface area contributed by atoms with E-state index in [0.717, 1.165) is 6.08 Å². The van der Waals surface area contributed by atoms with Crippen molar-refractivity contribution in [3.05, 3.63) is 41.7 Å². The Morgan fingerprint density at radius 3 is 2.50 bits per heavy atom. The van der Waals surface area contributed by atoms with Crippen LogP contribution in [0.2, 0.25) is 0 Å². The number of rotatable bonds is 3. The molecule has 5 heteroatoms. The van der Waals surface area contributed by atoms with Gasteiger partial charge in [-0.25, -0.2) is 9.18 Å². The molecule has 1 aromatic rings. The van der Waals surface area contributed by atoms with Gasteiger partial charge in [-0.15, -0.1) is 0 Å². The summed E-state index contributed by atoms with van der Waals surface area (Å²) in [7, 11) is 0. The van der Waals surface area contributed by atoms with Gasteiger partial charge < -0.3 is 9.84 Å². The van der Waals surface area contributed by atoms with E-state index in [0.29, 0.717) is 5.56 Å². The second kappa shape index (κ2) is 7.04. The second-order valence-corrected chi connectivity index (χ2v) is 2.79. The molecule has 91 valence electrons. The number of hydrogen-bond acceptors (Lipinski definition) is 3. The van der Waals surface area contributed by atoms with Gasteiger partial charge in [0, 0.05) is 22.6 Å². The third kappa shape index (κ3) is 4.47. The van der Waals surface area contributed by atoms with Crippen LogP contribution in [-0.2, 0) is 26.6 Å². The Balaban J connectivity index is 0.00000225. The van der Waals surface area contributed by atoms with Crippen molar-refractivity contribution in [2.75, 3.05) is 6.61 Å². The minimum atomic E-state index is -0.626. The Labute approximate surface area is 103 Å². The van der Waals surface area contributed by atoms with Gasteiger partial charge in [-0.3, -0.25) is 0 Å². The molecule has 0 aliphatic heterocycles. The molecule has 1 rings (SSSR count). The molecule has 0 aliphatic rings. The number of benzene rings is 1. The maximum absolute atomic E-state index is 12.5. The van der Waals surface area contributed by atoms with Gasteiger partial charge in [-0.05, 0) is 31.2 Å². The van der Waals surface area contributed by atoms with Crippen LogP contribution in [0.25, 0.3) is 5.76 Å². The molecule has 1 radical (unpaired) electrons. The molecule has 0 aliphatic carbocycles. The molecular formula is C11H11CuFO3. The monoisotopic (exact) mass is 273 g/mol. The summed E-state index contributed by atoms with van der Waals surface area (Å²) in [6.07, 6.45) is 0.955. The van der Waals surface area contributed by atoms with Crippen molar-refractivity contribution in [2.45, 2.75) is 6.92 Å². The van der Waals surface area contributed by atoms with Crippen molar-refractivity contribution in [3.8, 4) is 0 Å². The van der Waals surface area contributed by atoms with Crippen molar-refractivity contribution in [1.29, 1.82) is 0 Å². The summed E-state index contributed by atoms with van der Waals surface area (Å²) in [5, 5.41) is 9.45. The van der Waals surface area contributed by atoms with Crippen molar-refractivity contribution in [2.24, 2.45) is 0 Å². The van der Waals surface area contributed by atoms with Gasteiger partial charge in [0.05, 0.1) is 12.7 Å². The van der Waals surface area contributed by atoms with E-state index >= 15 is 0 Å². The molecule has 0 bridgehead atoms. The van der Waals surface area contributed by atoms with E-state index in [1.54, 1.807) is 6.92 Å². The average molecular weight is 274 g/mol. The zero-order valence-corrected chi connectivity index (χ0v) is 9.48. The summed E-state index contributed by atoms with van der Waals surface area (Å²) in [5.74, 6) is -1.27. The summed E-state index contributed by atoms with van der Waals surface area (Å²) in [5.41, 5.74) is 0.365. The summed E-state index contributed by atoms with van der Waals surface area (Å²) in [4.78, 5) is 11.0. The maximum atomic E-state index is 12.5. The third-order valence-electron chi connectivity index (χ3n) is 1.68. The van der Waals surface area contributed by atoms with Crippen LogP contribution in [0.1, 0.15) is 12.5 Å². The number of aliphatic hydroxyl groups excluding tert-OH is 1. The molecule has 0 unspecified atom stereocenters. The predicted octanol–water partition coefficient (Wildman–Crippen LogP) is 2.29. The molecule has 1 N–H and O–H groups in total. The second-order valence-electron chi connectivity index (χ2n) is 2.79. The molecule has 0 saturated carbocycles. The number of carbonyl (C=O) groups excluding carboxylic acids is 1. The van der Waals surface area contributed by atoms with Gasteiger partial charge in [-0.2, -0.15) is 0 Å². The Hall–Kier alpha value is -1.32. The molecule has 0 saturated heterocycles. The molecule has 0 amide bonds. The standard InChI is InChI=1S/C11H11FO3.Cu/c1-2-15-11(14)7-10(13)8-3-5-9(12)6-4-8;/h3-7,13H,2H2,1H3;/b10-7-;. The Bertz CT molecular complexity index is 373.